The van der Waals surface area contributed by atoms with Crippen molar-refractivity contribution in [1.29, 1.82) is 0 Å². The molecule has 2 aromatic rings. The van der Waals surface area contributed by atoms with Crippen LogP contribution in [0.25, 0.3) is 0 Å². The Balaban J connectivity index is 1.72. The fourth-order valence-electron chi connectivity index (χ4n) is 2.55. The van der Waals surface area contributed by atoms with Crippen LogP contribution in [0.2, 0.25) is 0 Å². The van der Waals surface area contributed by atoms with Gasteiger partial charge in [0.1, 0.15) is 5.75 Å². The Morgan fingerprint density at radius 2 is 2.00 bits per heavy atom. The molecule has 3 rings (SSSR count). The van der Waals surface area contributed by atoms with Gasteiger partial charge in [0, 0.05) is 24.9 Å². The number of methoxy groups -OCH3 is 1. The first-order chi connectivity index (χ1) is 9.85. The number of allylic oxidation sites excluding steroid dienone is 4. The number of nitrogens with zero attached hydrogens (tertiary/aromatic N) is 1. The predicted octanol–water partition coefficient (Wildman–Crippen LogP) is 3.97. The van der Waals surface area contributed by atoms with Crippen molar-refractivity contribution in [3.8, 4) is 5.75 Å². The van der Waals surface area contributed by atoms with E-state index >= 15 is 0 Å². The third kappa shape index (κ3) is 2.85. The topological polar surface area (TPSA) is 14.2 Å². The molecule has 1 aromatic carbocycles. The van der Waals surface area contributed by atoms with Crippen LogP contribution in [-0.4, -0.2) is 11.7 Å². The van der Waals surface area contributed by atoms with Crippen molar-refractivity contribution in [1.82, 2.24) is 4.57 Å². The highest BCUT2D eigenvalue weighted by molar-refractivity contribution is 5.30. The number of benzene rings is 1. The van der Waals surface area contributed by atoms with Crippen molar-refractivity contribution in [2.24, 2.45) is 0 Å². The first-order valence-corrected chi connectivity index (χ1v) is 6.96. The highest BCUT2D eigenvalue weighted by Gasteiger charge is 2.06. The Labute approximate surface area is 120 Å². The molecule has 0 spiro atoms. The molecule has 20 heavy (non-hydrogen) atoms. The highest BCUT2D eigenvalue weighted by Crippen LogP contribution is 2.19. The molecule has 0 unspecified atom stereocenters. The van der Waals surface area contributed by atoms with Crippen LogP contribution in [0.4, 0.5) is 0 Å². The van der Waals surface area contributed by atoms with Gasteiger partial charge >= 0.3 is 0 Å². The molecule has 0 aliphatic heterocycles. The monoisotopic (exact) mass is 265 g/mol. The van der Waals surface area contributed by atoms with Gasteiger partial charge in [-0.2, -0.15) is 0 Å². The van der Waals surface area contributed by atoms with Crippen molar-refractivity contribution < 1.29 is 4.74 Å². The van der Waals surface area contributed by atoms with Gasteiger partial charge in [-0.05, 0) is 36.2 Å². The summed E-state index contributed by atoms with van der Waals surface area (Å²) in [4.78, 5) is 0. The maximum Gasteiger partial charge on any atom is 0.118 e. The van der Waals surface area contributed by atoms with Crippen molar-refractivity contribution in [2.75, 3.05) is 7.11 Å². The van der Waals surface area contributed by atoms with Crippen LogP contribution in [0.15, 0.2) is 66.4 Å². The Morgan fingerprint density at radius 3 is 2.70 bits per heavy atom. The molecule has 0 saturated carbocycles. The lowest BCUT2D eigenvalue weighted by Crippen LogP contribution is -2.04. The number of ether oxygens (including phenoxy) is 1. The van der Waals surface area contributed by atoms with E-state index < -0.39 is 0 Å². The third-order valence-electron chi connectivity index (χ3n) is 3.69. The van der Waals surface area contributed by atoms with E-state index in [-0.39, 0.29) is 0 Å². The lowest BCUT2D eigenvalue weighted by molar-refractivity contribution is 0.414. The summed E-state index contributed by atoms with van der Waals surface area (Å²) in [7, 11) is 1.70. The molecule has 1 aliphatic carbocycles. The van der Waals surface area contributed by atoms with E-state index in [0.29, 0.717) is 0 Å². The summed E-state index contributed by atoms with van der Waals surface area (Å²) in [5, 5.41) is 0. The zero-order chi connectivity index (χ0) is 13.8. The first kappa shape index (κ1) is 12.8. The normalized spacial score (nSPS) is 13.6. The Morgan fingerprint density at radius 1 is 1.15 bits per heavy atom. The first-order valence-electron chi connectivity index (χ1n) is 6.96. The third-order valence-corrected chi connectivity index (χ3v) is 3.69. The van der Waals surface area contributed by atoms with Gasteiger partial charge in [-0.3, -0.25) is 0 Å². The van der Waals surface area contributed by atoms with Crippen LogP contribution in [-0.2, 0) is 13.0 Å². The largest absolute Gasteiger partial charge is 0.497 e. The lowest BCUT2D eigenvalue weighted by Gasteiger charge is -2.10. The van der Waals surface area contributed by atoms with Crippen LogP contribution in [0.3, 0.4) is 0 Å². The van der Waals surface area contributed by atoms with E-state index in [1.54, 1.807) is 7.11 Å². The smallest absolute Gasteiger partial charge is 0.118 e. The number of rotatable bonds is 5. The fraction of sp³-hybridized carbons (Fsp3) is 0.222. The average Bonchev–Trinajstić information content (AvgIpc) is 3.13. The van der Waals surface area contributed by atoms with Gasteiger partial charge in [-0.1, -0.05) is 35.9 Å². The molecule has 1 aromatic heterocycles. The minimum atomic E-state index is 0.906. The Kier molecular flexibility index (Phi) is 3.73. The lowest BCUT2D eigenvalue weighted by atomic mass is 10.1. The fourth-order valence-corrected chi connectivity index (χ4v) is 2.55. The maximum atomic E-state index is 5.20. The molecule has 0 N–H and O–H groups in total. The van der Waals surface area contributed by atoms with Gasteiger partial charge in [0.2, 0.25) is 0 Å². The zero-order valence-corrected chi connectivity index (χ0v) is 11.8. The summed E-state index contributed by atoms with van der Waals surface area (Å²) in [6, 6.07) is 12.6. The van der Waals surface area contributed by atoms with Crippen LogP contribution in [0, 0.1) is 0 Å². The molecule has 0 saturated heterocycles. The molecule has 0 amide bonds. The van der Waals surface area contributed by atoms with Gasteiger partial charge in [0.15, 0.2) is 0 Å². The number of aromatic nitrogens is 1. The minimum absolute atomic E-state index is 0.906. The van der Waals surface area contributed by atoms with Gasteiger partial charge in [0.05, 0.1) is 7.11 Å². The predicted molar refractivity (Wildman–Crippen MR) is 82.1 cm³/mol. The quantitative estimate of drug-likeness (QED) is 0.797. The van der Waals surface area contributed by atoms with Crippen molar-refractivity contribution >= 4 is 0 Å². The molecule has 0 bridgehead atoms. The molecule has 0 radical (unpaired) electrons. The summed E-state index contributed by atoms with van der Waals surface area (Å²) in [5.41, 5.74) is 4.15. The SMILES string of the molecule is COc1ccc(Cn2cccc2CC2=CC=CC2)cc1. The molecule has 0 atom stereocenters. The second-order valence-corrected chi connectivity index (χ2v) is 5.11. The van der Waals surface area contributed by atoms with E-state index in [1.807, 2.05) is 12.1 Å². The highest BCUT2D eigenvalue weighted by atomic mass is 16.5. The van der Waals surface area contributed by atoms with Crippen LogP contribution in [0.1, 0.15) is 17.7 Å². The Hall–Kier alpha value is -2.22. The summed E-state index contributed by atoms with van der Waals surface area (Å²) >= 11 is 0. The molecule has 2 heteroatoms. The number of hydrogen-bond acceptors (Lipinski definition) is 1. The summed E-state index contributed by atoms with van der Waals surface area (Å²) in [6.07, 6.45) is 10.9. The van der Waals surface area contributed by atoms with Gasteiger partial charge in [-0.15, -0.1) is 0 Å². The van der Waals surface area contributed by atoms with Crippen LogP contribution < -0.4 is 4.74 Å². The van der Waals surface area contributed by atoms with Crippen LogP contribution >= 0.6 is 0 Å². The summed E-state index contributed by atoms with van der Waals surface area (Å²) in [5.74, 6) is 0.906. The molecule has 2 nitrogen and oxygen atoms in total. The van der Waals surface area contributed by atoms with E-state index in [1.165, 1.54) is 16.8 Å². The maximum absolute atomic E-state index is 5.20. The molecular weight excluding hydrogens is 246 g/mol. The Bertz CT molecular complexity index is 632. The standard InChI is InChI=1S/C18H19NO/c1-20-18-10-8-16(9-11-18)14-19-12-4-7-17(19)13-15-5-2-3-6-15/h2-5,7-12H,6,13-14H2,1H3. The molecule has 102 valence electrons. The van der Waals surface area contributed by atoms with E-state index in [9.17, 15) is 0 Å². The zero-order valence-electron chi connectivity index (χ0n) is 11.8. The van der Waals surface area contributed by atoms with E-state index in [0.717, 1.165) is 25.1 Å². The number of hydrogen-bond donors (Lipinski definition) is 0. The molecular formula is C18H19NO. The van der Waals surface area contributed by atoms with E-state index in [4.69, 9.17) is 4.74 Å². The van der Waals surface area contributed by atoms with Crippen molar-refractivity contribution in [3.05, 3.63) is 77.7 Å². The van der Waals surface area contributed by atoms with Crippen molar-refractivity contribution in [2.45, 2.75) is 19.4 Å². The summed E-state index contributed by atoms with van der Waals surface area (Å²) in [6.45, 7) is 0.910. The molecule has 0 fully saturated rings. The second kappa shape index (κ2) is 5.83. The molecule has 1 heterocycles. The summed E-state index contributed by atoms with van der Waals surface area (Å²) < 4.78 is 7.52. The van der Waals surface area contributed by atoms with Crippen molar-refractivity contribution in [3.63, 3.8) is 0 Å². The van der Waals surface area contributed by atoms with Gasteiger partial charge in [-0.25, -0.2) is 0 Å². The average molecular weight is 265 g/mol. The minimum Gasteiger partial charge on any atom is -0.497 e. The van der Waals surface area contributed by atoms with Gasteiger partial charge in [0.25, 0.3) is 0 Å². The second-order valence-electron chi connectivity index (χ2n) is 5.11. The van der Waals surface area contributed by atoms with Gasteiger partial charge < -0.3 is 9.30 Å². The molecule has 1 aliphatic rings. The van der Waals surface area contributed by atoms with E-state index in [2.05, 4.69) is 53.3 Å². The van der Waals surface area contributed by atoms with Crippen LogP contribution in [0.5, 0.6) is 5.75 Å².